The van der Waals surface area contributed by atoms with E-state index in [1.807, 2.05) is 86.6 Å². The summed E-state index contributed by atoms with van der Waals surface area (Å²) in [4.78, 5) is 27.1. The van der Waals surface area contributed by atoms with Crippen molar-refractivity contribution in [3.05, 3.63) is 107 Å². The number of cyclic esters (lactones) is 1. The number of carbonyl (C=O) groups excluding carboxylic acids is 2. The molecule has 0 spiro atoms. The van der Waals surface area contributed by atoms with Gasteiger partial charge in [-0.2, -0.15) is 0 Å². The lowest BCUT2D eigenvalue weighted by molar-refractivity contribution is -0.147. The number of hydrogen-bond acceptors (Lipinski definition) is 4. The first kappa shape index (κ1) is 19.3. The maximum Gasteiger partial charge on any atom is 0.343 e. The Balaban J connectivity index is 1.85. The highest BCUT2D eigenvalue weighted by Gasteiger charge is 2.57. The second kappa shape index (κ2) is 7.24. The Morgan fingerprint density at radius 1 is 0.839 bits per heavy atom. The maximum absolute atomic E-state index is 13.8. The second-order valence-corrected chi connectivity index (χ2v) is 8.05. The van der Waals surface area contributed by atoms with E-state index in [0.717, 1.165) is 16.7 Å². The number of para-hydroxylation sites is 1. The summed E-state index contributed by atoms with van der Waals surface area (Å²) in [5, 5.41) is 0. The lowest BCUT2D eigenvalue weighted by atomic mass is 9.61. The lowest BCUT2D eigenvalue weighted by Crippen LogP contribution is -2.49. The first-order valence-electron chi connectivity index (χ1n) is 10.5. The van der Waals surface area contributed by atoms with Gasteiger partial charge in [0.25, 0.3) is 0 Å². The first-order chi connectivity index (χ1) is 15.1. The molecular weight excluding hydrogens is 388 g/mol. The van der Waals surface area contributed by atoms with E-state index < -0.39 is 17.3 Å². The fraction of sp³-hybridized carbons (Fsp3) is 0.185. The Labute approximate surface area is 181 Å². The molecule has 0 bridgehead atoms. The van der Waals surface area contributed by atoms with Crippen LogP contribution in [0.4, 0.5) is 0 Å². The van der Waals surface area contributed by atoms with Crippen molar-refractivity contribution in [2.75, 3.05) is 0 Å². The highest BCUT2D eigenvalue weighted by atomic mass is 16.6. The van der Waals surface area contributed by atoms with Crippen molar-refractivity contribution in [2.45, 2.75) is 31.6 Å². The van der Waals surface area contributed by atoms with E-state index in [4.69, 9.17) is 9.47 Å². The Morgan fingerprint density at radius 2 is 1.52 bits per heavy atom. The molecule has 0 amide bonds. The Bertz CT molecular complexity index is 1210. The van der Waals surface area contributed by atoms with Gasteiger partial charge < -0.3 is 9.47 Å². The minimum absolute atomic E-state index is 0.284. The third-order valence-electron chi connectivity index (χ3n) is 6.40. The van der Waals surface area contributed by atoms with Crippen LogP contribution in [-0.4, -0.2) is 11.9 Å². The van der Waals surface area contributed by atoms with Gasteiger partial charge in [0.1, 0.15) is 16.9 Å². The van der Waals surface area contributed by atoms with E-state index >= 15 is 0 Å². The molecule has 2 aliphatic heterocycles. The van der Waals surface area contributed by atoms with E-state index in [9.17, 15) is 9.59 Å². The van der Waals surface area contributed by atoms with E-state index in [1.54, 1.807) is 6.07 Å². The van der Waals surface area contributed by atoms with Gasteiger partial charge in [0.15, 0.2) is 0 Å². The molecule has 3 aromatic rings. The van der Waals surface area contributed by atoms with Gasteiger partial charge in [-0.25, -0.2) is 4.79 Å². The summed E-state index contributed by atoms with van der Waals surface area (Å²) < 4.78 is 11.7. The molecular formula is C27H22O4. The number of fused-ring (bicyclic) bond motifs is 3. The zero-order valence-corrected chi connectivity index (χ0v) is 17.4. The van der Waals surface area contributed by atoms with Crippen molar-refractivity contribution in [3.63, 3.8) is 0 Å². The van der Waals surface area contributed by atoms with E-state index in [-0.39, 0.29) is 11.7 Å². The van der Waals surface area contributed by atoms with Gasteiger partial charge in [-0.05, 0) is 25.0 Å². The summed E-state index contributed by atoms with van der Waals surface area (Å²) >= 11 is 0. The highest BCUT2D eigenvalue weighted by molar-refractivity contribution is 6.07. The Hall–Kier alpha value is -3.66. The fourth-order valence-electron chi connectivity index (χ4n) is 4.82. The van der Waals surface area contributed by atoms with Crippen LogP contribution in [0.2, 0.25) is 0 Å². The van der Waals surface area contributed by atoms with Gasteiger partial charge in [0.2, 0.25) is 0 Å². The number of benzene rings is 3. The predicted molar refractivity (Wildman–Crippen MR) is 117 cm³/mol. The molecule has 4 heteroatoms. The number of ether oxygens (including phenoxy) is 2. The Kier molecular flexibility index (Phi) is 4.51. The van der Waals surface area contributed by atoms with Crippen LogP contribution >= 0.6 is 0 Å². The fourth-order valence-corrected chi connectivity index (χ4v) is 4.82. The minimum Gasteiger partial charge on any atom is -0.425 e. The molecule has 0 N–H and O–H groups in total. The van der Waals surface area contributed by atoms with Crippen molar-refractivity contribution in [3.8, 4) is 5.75 Å². The second-order valence-electron chi connectivity index (χ2n) is 8.05. The molecule has 2 aliphatic rings. The van der Waals surface area contributed by atoms with Gasteiger partial charge in [0.05, 0.1) is 5.57 Å². The monoisotopic (exact) mass is 410 g/mol. The molecule has 2 heterocycles. The normalized spacial score (nSPS) is 22.3. The quantitative estimate of drug-likeness (QED) is 0.434. The molecule has 0 aromatic heterocycles. The number of carbonyl (C=O) groups is 2. The van der Waals surface area contributed by atoms with E-state index in [0.29, 0.717) is 23.3 Å². The summed E-state index contributed by atoms with van der Waals surface area (Å²) in [5.41, 5.74) is 2.81. The lowest BCUT2D eigenvalue weighted by Gasteiger charge is -2.45. The van der Waals surface area contributed by atoms with E-state index in [1.165, 1.54) is 0 Å². The standard InChI is InChI=1S/C27H22O4/c1-3-27(19-15-13-17(2)14-16-19)23-20-11-7-8-12-21(20)30-25(28)22(23)24(31-26(27)29)18-9-5-4-6-10-18/h4-16,23H,3H2,1-2H3/t23-,27-/m1/s1. The number of aryl methyl sites for hydroxylation is 1. The van der Waals surface area contributed by atoms with Gasteiger partial charge in [0, 0.05) is 17.0 Å². The topological polar surface area (TPSA) is 52.6 Å². The van der Waals surface area contributed by atoms with E-state index in [2.05, 4.69) is 0 Å². The molecule has 5 rings (SSSR count). The predicted octanol–water partition coefficient (Wildman–Crippen LogP) is 5.31. The average Bonchev–Trinajstić information content (AvgIpc) is 2.80. The van der Waals surface area contributed by atoms with Gasteiger partial charge in [-0.15, -0.1) is 0 Å². The molecule has 4 nitrogen and oxygen atoms in total. The van der Waals surface area contributed by atoms with Crippen LogP contribution in [0, 0.1) is 6.92 Å². The van der Waals surface area contributed by atoms with Crippen LogP contribution in [0.3, 0.4) is 0 Å². The van der Waals surface area contributed by atoms with Crippen molar-refractivity contribution >= 4 is 17.7 Å². The first-order valence-corrected chi connectivity index (χ1v) is 10.5. The molecule has 0 saturated heterocycles. The van der Waals surface area contributed by atoms with Crippen LogP contribution in [0.25, 0.3) is 5.76 Å². The minimum atomic E-state index is -1.03. The summed E-state index contributed by atoms with van der Waals surface area (Å²) in [7, 11) is 0. The smallest absolute Gasteiger partial charge is 0.343 e. The SMILES string of the molecule is CC[C@]1(c2ccc(C)cc2)C(=O)OC(c2ccccc2)=C2C(=O)Oc3ccccc3[C@H]21. The van der Waals surface area contributed by atoms with Gasteiger partial charge >= 0.3 is 11.9 Å². The molecule has 2 atom stereocenters. The van der Waals surface area contributed by atoms with Gasteiger partial charge in [-0.3, -0.25) is 4.79 Å². The summed E-state index contributed by atoms with van der Waals surface area (Å²) in [6.45, 7) is 3.97. The molecule has 0 fully saturated rings. The number of rotatable bonds is 3. The number of hydrogen-bond donors (Lipinski definition) is 0. The van der Waals surface area contributed by atoms with Crippen molar-refractivity contribution in [1.82, 2.24) is 0 Å². The molecule has 0 radical (unpaired) electrons. The average molecular weight is 410 g/mol. The van der Waals surface area contributed by atoms with Crippen molar-refractivity contribution in [2.24, 2.45) is 0 Å². The molecule has 0 unspecified atom stereocenters. The highest BCUT2D eigenvalue weighted by Crippen LogP contribution is 2.56. The van der Waals surface area contributed by atoms with Crippen LogP contribution in [-0.2, 0) is 19.7 Å². The maximum atomic E-state index is 13.8. The van der Waals surface area contributed by atoms with Crippen molar-refractivity contribution in [1.29, 1.82) is 0 Å². The summed E-state index contributed by atoms with van der Waals surface area (Å²) in [5.74, 6) is -0.551. The molecule has 154 valence electrons. The molecule has 31 heavy (non-hydrogen) atoms. The third kappa shape index (κ3) is 2.82. The summed E-state index contributed by atoms with van der Waals surface area (Å²) in [6, 6.07) is 24.6. The zero-order valence-electron chi connectivity index (χ0n) is 17.4. The summed E-state index contributed by atoms with van der Waals surface area (Å²) in [6.07, 6.45) is 0.479. The zero-order chi connectivity index (χ0) is 21.6. The largest absolute Gasteiger partial charge is 0.425 e. The third-order valence-corrected chi connectivity index (χ3v) is 6.40. The van der Waals surface area contributed by atoms with Crippen LogP contribution in [0.15, 0.2) is 84.4 Å². The van der Waals surface area contributed by atoms with Crippen LogP contribution in [0.5, 0.6) is 5.75 Å². The van der Waals surface area contributed by atoms with Crippen molar-refractivity contribution < 1.29 is 19.1 Å². The van der Waals surface area contributed by atoms with Gasteiger partial charge in [-0.1, -0.05) is 85.3 Å². The van der Waals surface area contributed by atoms with Crippen LogP contribution < -0.4 is 4.74 Å². The molecule has 3 aromatic carbocycles. The van der Waals surface area contributed by atoms with Crippen LogP contribution in [0.1, 0.15) is 41.5 Å². The molecule has 0 saturated carbocycles. The Morgan fingerprint density at radius 3 is 2.23 bits per heavy atom. The molecule has 0 aliphatic carbocycles. The number of esters is 2.